The second-order valence-electron chi connectivity index (χ2n) is 5.18. The highest BCUT2D eigenvalue weighted by molar-refractivity contribution is 5.24. The molecule has 0 unspecified atom stereocenters. The second kappa shape index (κ2) is 4.19. The maximum Gasteiger partial charge on any atom is 0.0948 e. The molecule has 0 bridgehead atoms. The molecule has 1 saturated heterocycles. The Kier molecular flexibility index (Phi) is 3.04. The highest BCUT2D eigenvalue weighted by atomic mass is 16.3. The molecule has 0 aromatic heterocycles. The summed E-state index contributed by atoms with van der Waals surface area (Å²) in [5.74, 6) is 0.274. The minimum atomic E-state index is -0.660. The predicted octanol–water partition coefficient (Wildman–Crippen LogP) is 2.23. The number of likely N-dealkylation sites (tertiary alicyclic amines) is 1. The lowest BCUT2D eigenvalue weighted by atomic mass is 9.74. The molecule has 0 amide bonds. The largest absolute Gasteiger partial charge is 0.385 e. The minimum Gasteiger partial charge on any atom is -0.385 e. The van der Waals surface area contributed by atoms with Gasteiger partial charge in [-0.25, -0.2) is 0 Å². The lowest BCUT2D eigenvalue weighted by Crippen LogP contribution is -2.51. The number of benzene rings is 1. The van der Waals surface area contributed by atoms with Crippen molar-refractivity contribution in [3.8, 4) is 0 Å². The van der Waals surface area contributed by atoms with E-state index in [2.05, 4.69) is 25.8 Å². The van der Waals surface area contributed by atoms with Crippen LogP contribution in [0.2, 0.25) is 0 Å². The van der Waals surface area contributed by atoms with Gasteiger partial charge in [-0.05, 0) is 26.0 Å². The van der Waals surface area contributed by atoms with Gasteiger partial charge >= 0.3 is 0 Å². The van der Waals surface area contributed by atoms with Gasteiger partial charge in [-0.1, -0.05) is 37.3 Å². The highest BCUT2D eigenvalue weighted by Crippen LogP contribution is 2.39. The Labute approximate surface area is 97.9 Å². The van der Waals surface area contributed by atoms with Crippen LogP contribution in [0.25, 0.3) is 0 Å². The molecule has 2 heteroatoms. The molecule has 0 saturated carbocycles. The van der Waals surface area contributed by atoms with Gasteiger partial charge in [-0.2, -0.15) is 0 Å². The van der Waals surface area contributed by atoms with E-state index in [0.29, 0.717) is 6.04 Å². The summed E-state index contributed by atoms with van der Waals surface area (Å²) in [5, 5.41) is 10.9. The van der Waals surface area contributed by atoms with Crippen molar-refractivity contribution in [2.45, 2.75) is 31.9 Å². The van der Waals surface area contributed by atoms with E-state index in [-0.39, 0.29) is 5.92 Å². The number of hydrogen-bond donors (Lipinski definition) is 1. The average Bonchev–Trinajstić information content (AvgIpc) is 2.28. The first-order valence-electron chi connectivity index (χ1n) is 6.02. The van der Waals surface area contributed by atoms with Crippen LogP contribution in [0.15, 0.2) is 30.3 Å². The number of rotatable bonds is 1. The summed E-state index contributed by atoms with van der Waals surface area (Å²) < 4.78 is 0. The van der Waals surface area contributed by atoms with Gasteiger partial charge in [0.25, 0.3) is 0 Å². The number of piperidine rings is 1. The summed E-state index contributed by atoms with van der Waals surface area (Å²) in [6.07, 6.45) is 0.814. The number of hydrogen-bond acceptors (Lipinski definition) is 2. The molecule has 1 fully saturated rings. The maximum atomic E-state index is 10.9. The molecule has 1 aromatic rings. The molecule has 16 heavy (non-hydrogen) atoms. The molecule has 1 heterocycles. The third-order valence-electron chi connectivity index (χ3n) is 4.01. The van der Waals surface area contributed by atoms with Crippen molar-refractivity contribution in [2.75, 3.05) is 13.6 Å². The number of aliphatic hydroxyl groups is 1. The van der Waals surface area contributed by atoms with Crippen LogP contribution in [0.3, 0.4) is 0 Å². The van der Waals surface area contributed by atoms with E-state index in [1.165, 1.54) is 0 Å². The molecule has 1 N–H and O–H groups in total. The summed E-state index contributed by atoms with van der Waals surface area (Å²) in [5.41, 5.74) is 0.398. The normalized spacial score (nSPS) is 36.2. The molecule has 1 aromatic carbocycles. The fourth-order valence-corrected chi connectivity index (χ4v) is 2.70. The third-order valence-corrected chi connectivity index (χ3v) is 4.01. The Morgan fingerprint density at radius 3 is 2.50 bits per heavy atom. The van der Waals surface area contributed by atoms with Crippen LogP contribution in [-0.4, -0.2) is 29.6 Å². The van der Waals surface area contributed by atoms with E-state index in [9.17, 15) is 5.11 Å². The van der Waals surface area contributed by atoms with Gasteiger partial charge in [0.1, 0.15) is 0 Å². The van der Waals surface area contributed by atoms with E-state index in [1.54, 1.807) is 0 Å². The molecule has 0 spiro atoms. The molecule has 2 nitrogen and oxygen atoms in total. The predicted molar refractivity (Wildman–Crippen MR) is 66.2 cm³/mol. The van der Waals surface area contributed by atoms with Crippen LogP contribution in [0.5, 0.6) is 0 Å². The Morgan fingerprint density at radius 1 is 1.25 bits per heavy atom. The Balaban J connectivity index is 2.31. The van der Waals surface area contributed by atoms with Crippen LogP contribution < -0.4 is 0 Å². The monoisotopic (exact) mass is 219 g/mol. The van der Waals surface area contributed by atoms with Crippen LogP contribution in [0.1, 0.15) is 25.8 Å². The molecular weight excluding hydrogens is 198 g/mol. The van der Waals surface area contributed by atoms with E-state index in [4.69, 9.17) is 0 Å². The van der Waals surface area contributed by atoms with E-state index >= 15 is 0 Å². The van der Waals surface area contributed by atoms with Crippen molar-refractivity contribution in [3.63, 3.8) is 0 Å². The summed E-state index contributed by atoms with van der Waals surface area (Å²) in [7, 11) is 2.13. The van der Waals surface area contributed by atoms with Crippen molar-refractivity contribution in [1.82, 2.24) is 4.90 Å². The quantitative estimate of drug-likeness (QED) is 0.783. The Hall–Kier alpha value is -0.860. The zero-order chi connectivity index (χ0) is 11.8. The molecule has 2 rings (SSSR count). The summed E-state index contributed by atoms with van der Waals surface area (Å²) in [4.78, 5) is 2.32. The molecule has 88 valence electrons. The molecule has 3 atom stereocenters. The van der Waals surface area contributed by atoms with Gasteiger partial charge in [0.05, 0.1) is 5.60 Å². The smallest absolute Gasteiger partial charge is 0.0948 e. The molecule has 1 aliphatic rings. The van der Waals surface area contributed by atoms with Crippen molar-refractivity contribution in [1.29, 1.82) is 0 Å². The van der Waals surface area contributed by atoms with Gasteiger partial charge in [0.2, 0.25) is 0 Å². The number of nitrogens with zero attached hydrogens (tertiary/aromatic N) is 1. The molecular formula is C14H21NO. The lowest BCUT2D eigenvalue weighted by Gasteiger charge is -2.46. The van der Waals surface area contributed by atoms with Crippen molar-refractivity contribution >= 4 is 0 Å². The first kappa shape index (κ1) is 11.6. The summed E-state index contributed by atoms with van der Waals surface area (Å²) >= 11 is 0. The fraction of sp³-hybridized carbons (Fsp3) is 0.571. The summed E-state index contributed by atoms with van der Waals surface area (Å²) in [6.45, 7) is 5.27. The van der Waals surface area contributed by atoms with Crippen molar-refractivity contribution in [3.05, 3.63) is 35.9 Å². The fourth-order valence-electron chi connectivity index (χ4n) is 2.70. The average molecular weight is 219 g/mol. The van der Waals surface area contributed by atoms with E-state index in [1.807, 2.05) is 30.3 Å². The zero-order valence-corrected chi connectivity index (χ0v) is 10.4. The van der Waals surface area contributed by atoms with E-state index in [0.717, 1.165) is 18.5 Å². The standard InChI is InChI=1S/C14H21NO/c1-11-10-15(3)12(2)9-14(11,16)13-7-5-4-6-8-13/h4-8,11-12,16H,9-10H2,1-3H3/t11-,12+,14+/m1/s1. The van der Waals surface area contributed by atoms with Gasteiger partial charge in [-0.3, -0.25) is 0 Å². The van der Waals surface area contributed by atoms with Gasteiger partial charge in [0.15, 0.2) is 0 Å². The highest BCUT2D eigenvalue weighted by Gasteiger charge is 2.42. The summed E-state index contributed by atoms with van der Waals surface area (Å²) in [6, 6.07) is 10.5. The first-order chi connectivity index (χ1) is 7.54. The van der Waals surface area contributed by atoms with Crippen LogP contribution >= 0.6 is 0 Å². The first-order valence-corrected chi connectivity index (χ1v) is 6.02. The molecule has 0 aliphatic carbocycles. The maximum absolute atomic E-state index is 10.9. The van der Waals surface area contributed by atoms with Crippen LogP contribution in [-0.2, 0) is 5.60 Å². The third kappa shape index (κ3) is 1.87. The Bertz CT molecular complexity index is 351. The molecule has 0 radical (unpaired) electrons. The Morgan fingerprint density at radius 2 is 1.88 bits per heavy atom. The van der Waals surface area contributed by atoms with Crippen molar-refractivity contribution in [2.24, 2.45) is 5.92 Å². The zero-order valence-electron chi connectivity index (χ0n) is 10.4. The lowest BCUT2D eigenvalue weighted by molar-refractivity contribution is -0.0843. The SMILES string of the molecule is C[C@@H]1CN(C)[C@@H](C)C[C@@]1(O)c1ccccc1. The van der Waals surface area contributed by atoms with Gasteiger partial charge in [0, 0.05) is 18.5 Å². The van der Waals surface area contributed by atoms with Crippen LogP contribution in [0.4, 0.5) is 0 Å². The van der Waals surface area contributed by atoms with E-state index < -0.39 is 5.60 Å². The van der Waals surface area contributed by atoms with Crippen LogP contribution in [0, 0.1) is 5.92 Å². The molecule has 1 aliphatic heterocycles. The van der Waals surface area contributed by atoms with Crippen molar-refractivity contribution < 1.29 is 5.11 Å². The second-order valence-corrected chi connectivity index (χ2v) is 5.18. The van der Waals surface area contributed by atoms with Gasteiger partial charge < -0.3 is 10.0 Å². The topological polar surface area (TPSA) is 23.5 Å². The minimum absolute atomic E-state index is 0.274. The van der Waals surface area contributed by atoms with Gasteiger partial charge in [-0.15, -0.1) is 0 Å².